The van der Waals surface area contributed by atoms with Gasteiger partial charge in [0.1, 0.15) is 17.0 Å². The van der Waals surface area contributed by atoms with Gasteiger partial charge in [0.15, 0.2) is 9.84 Å². The number of benzene rings is 1. The van der Waals surface area contributed by atoms with Gasteiger partial charge in [0.05, 0.1) is 16.3 Å². The van der Waals surface area contributed by atoms with Crippen LogP contribution in [0.5, 0.6) is 0 Å². The molecule has 0 radical (unpaired) electrons. The number of nitrogens with zero attached hydrogens (tertiary/aromatic N) is 2. The summed E-state index contributed by atoms with van der Waals surface area (Å²) in [6.07, 6.45) is 3.83. The summed E-state index contributed by atoms with van der Waals surface area (Å²) in [5.74, 6) is -1.24. The van der Waals surface area contributed by atoms with Gasteiger partial charge in [-0.15, -0.1) is 6.58 Å². The van der Waals surface area contributed by atoms with Crippen molar-refractivity contribution in [1.29, 1.82) is 0 Å². The van der Waals surface area contributed by atoms with E-state index in [2.05, 4.69) is 22.1 Å². The van der Waals surface area contributed by atoms with E-state index in [4.69, 9.17) is 4.74 Å². The zero-order valence-corrected chi connectivity index (χ0v) is 25.3. The number of hydrogen-bond acceptors (Lipinski definition) is 7. The van der Waals surface area contributed by atoms with Crippen LogP contribution in [0.15, 0.2) is 65.1 Å². The molecule has 224 valence electrons. The third-order valence-corrected chi connectivity index (χ3v) is 9.59. The van der Waals surface area contributed by atoms with Gasteiger partial charge in [0.25, 0.3) is 0 Å². The fourth-order valence-corrected chi connectivity index (χ4v) is 6.92. The van der Waals surface area contributed by atoms with E-state index in [1.54, 1.807) is 52.0 Å². The summed E-state index contributed by atoms with van der Waals surface area (Å²) in [6.45, 7) is 13.9. The minimum Gasteiger partial charge on any atom is -0.443 e. The molecule has 9 nitrogen and oxygen atoms in total. The maximum absolute atomic E-state index is 15.2. The fourth-order valence-electron chi connectivity index (χ4n) is 5.86. The van der Waals surface area contributed by atoms with Gasteiger partial charge >= 0.3 is 6.09 Å². The molecule has 2 fully saturated rings. The molecular weight excluding hydrogens is 547 g/mol. The Morgan fingerprint density at radius 1 is 1.32 bits per heavy atom. The molecule has 0 bridgehead atoms. The SMILES string of the molecule is C=CCS(=O)(=O)c1ccc(N[C@@H]2CCCN(C3(C)C(=O)NC4=C(N(CC)C(=O)OC(C)(C)C)C=C(F)CC43)C2)cc1. The number of sulfone groups is 1. The summed E-state index contributed by atoms with van der Waals surface area (Å²) in [6, 6.07) is 6.63. The normalized spacial score (nSPS) is 25.2. The molecule has 11 heteroatoms. The van der Waals surface area contributed by atoms with Crippen molar-refractivity contribution in [2.75, 3.05) is 30.7 Å². The lowest BCUT2D eigenvalue weighted by molar-refractivity contribution is -0.131. The second kappa shape index (κ2) is 11.6. The average molecular weight is 589 g/mol. The van der Waals surface area contributed by atoms with E-state index in [0.29, 0.717) is 24.5 Å². The van der Waals surface area contributed by atoms with Crippen LogP contribution in [0.2, 0.25) is 0 Å². The third-order valence-electron chi connectivity index (χ3n) is 7.92. The first-order chi connectivity index (χ1) is 19.2. The number of rotatable bonds is 8. The number of halogens is 1. The number of allylic oxidation sites excluding steroid dienone is 2. The molecule has 41 heavy (non-hydrogen) atoms. The molecule has 0 aromatic heterocycles. The summed E-state index contributed by atoms with van der Waals surface area (Å²) in [4.78, 5) is 30.3. The van der Waals surface area contributed by atoms with Crippen LogP contribution in [0.1, 0.15) is 53.9 Å². The zero-order chi connectivity index (χ0) is 30.2. The van der Waals surface area contributed by atoms with E-state index in [1.165, 1.54) is 17.1 Å². The number of anilines is 1. The maximum atomic E-state index is 15.2. The van der Waals surface area contributed by atoms with Crippen molar-refractivity contribution >= 4 is 27.5 Å². The van der Waals surface area contributed by atoms with Crippen molar-refractivity contribution in [1.82, 2.24) is 15.1 Å². The number of piperidine rings is 1. The van der Waals surface area contributed by atoms with E-state index in [9.17, 15) is 18.0 Å². The summed E-state index contributed by atoms with van der Waals surface area (Å²) in [7, 11) is -3.41. The van der Waals surface area contributed by atoms with Crippen LogP contribution in [0.3, 0.4) is 0 Å². The summed E-state index contributed by atoms with van der Waals surface area (Å²) in [5.41, 5.74) is -0.109. The standard InChI is InChI=1S/C30H41FN4O5S/c1-7-16-41(38,39)23-13-11-21(12-14-23)32-22-10-9-15-34(19-22)30(6)24-17-20(31)18-25(26(24)33-27(30)36)35(8-2)28(37)40-29(3,4)5/h7,11-14,18,22,24,32H,1,8-10,15-17,19H2,2-6H3,(H,33,36)/t22-,24?,30?/m1/s1. The van der Waals surface area contributed by atoms with Crippen LogP contribution in [0, 0.1) is 5.92 Å². The molecule has 3 atom stereocenters. The maximum Gasteiger partial charge on any atom is 0.414 e. The molecule has 0 spiro atoms. The molecule has 2 N–H and O–H groups in total. The van der Waals surface area contributed by atoms with Gasteiger partial charge < -0.3 is 15.4 Å². The van der Waals surface area contributed by atoms with Crippen LogP contribution in [0.4, 0.5) is 14.9 Å². The summed E-state index contributed by atoms with van der Waals surface area (Å²) < 4.78 is 45.4. The zero-order valence-electron chi connectivity index (χ0n) is 24.5. The van der Waals surface area contributed by atoms with Gasteiger partial charge in [-0.1, -0.05) is 6.08 Å². The number of nitrogens with one attached hydrogen (secondary N) is 2. The van der Waals surface area contributed by atoms with E-state index in [-0.39, 0.29) is 35.6 Å². The Kier molecular flexibility index (Phi) is 8.71. The van der Waals surface area contributed by atoms with E-state index < -0.39 is 38.8 Å². The van der Waals surface area contributed by atoms with Gasteiger partial charge in [0.2, 0.25) is 5.91 Å². The van der Waals surface area contributed by atoms with Crippen LogP contribution in [0.25, 0.3) is 0 Å². The Bertz CT molecular complexity index is 1370. The third kappa shape index (κ3) is 6.35. The number of carbonyl (C=O) groups excluding carboxylic acids is 2. The van der Waals surface area contributed by atoms with Gasteiger partial charge in [-0.25, -0.2) is 17.6 Å². The molecule has 1 aliphatic carbocycles. The molecule has 1 aromatic rings. The highest BCUT2D eigenvalue weighted by atomic mass is 32.2. The number of ether oxygens (including phenoxy) is 1. The number of carbonyl (C=O) groups is 2. The van der Waals surface area contributed by atoms with E-state index in [1.807, 2.05) is 6.92 Å². The Labute approximate surface area is 242 Å². The number of amides is 2. The minimum atomic E-state index is -3.41. The molecule has 0 saturated carbocycles. The molecule has 1 aromatic carbocycles. The number of hydrogen-bond donors (Lipinski definition) is 2. The Hall–Kier alpha value is -3.18. The van der Waals surface area contributed by atoms with Crippen LogP contribution in [-0.4, -0.2) is 72.8 Å². The highest BCUT2D eigenvalue weighted by molar-refractivity contribution is 7.91. The van der Waals surface area contributed by atoms with Crippen LogP contribution < -0.4 is 10.6 Å². The average Bonchev–Trinajstić information content (AvgIpc) is 3.14. The van der Waals surface area contributed by atoms with Gasteiger partial charge in [0, 0.05) is 42.9 Å². The molecule has 2 saturated heterocycles. The van der Waals surface area contributed by atoms with Crippen molar-refractivity contribution in [3.8, 4) is 0 Å². The Morgan fingerprint density at radius 3 is 2.61 bits per heavy atom. The highest BCUT2D eigenvalue weighted by Crippen LogP contribution is 2.45. The van der Waals surface area contributed by atoms with Crippen LogP contribution >= 0.6 is 0 Å². The van der Waals surface area contributed by atoms with Crippen molar-refractivity contribution in [2.45, 2.75) is 76.0 Å². The smallest absolute Gasteiger partial charge is 0.414 e. The van der Waals surface area contributed by atoms with E-state index in [0.717, 1.165) is 18.5 Å². The van der Waals surface area contributed by atoms with Crippen LogP contribution in [-0.2, 0) is 19.4 Å². The second-order valence-electron chi connectivity index (χ2n) is 12.0. The number of likely N-dealkylation sites (tertiary alicyclic amines) is 1. The van der Waals surface area contributed by atoms with Gasteiger partial charge in [-0.3, -0.25) is 14.6 Å². The quantitative estimate of drug-likeness (QED) is 0.422. The largest absolute Gasteiger partial charge is 0.443 e. The minimum absolute atomic E-state index is 0.00519. The number of fused-ring (bicyclic) bond motifs is 1. The molecule has 2 aliphatic heterocycles. The predicted octanol–water partition coefficient (Wildman–Crippen LogP) is 4.75. The number of likely N-dealkylation sites (N-methyl/N-ethyl adjacent to an activating group) is 1. The van der Waals surface area contributed by atoms with Gasteiger partial charge in [-0.05, 0) is 84.3 Å². The molecule has 4 rings (SSSR count). The first-order valence-corrected chi connectivity index (χ1v) is 15.7. The molecule has 2 amide bonds. The molecule has 2 unspecified atom stereocenters. The monoisotopic (exact) mass is 588 g/mol. The molecule has 3 aliphatic rings. The second-order valence-corrected chi connectivity index (χ2v) is 14.0. The topological polar surface area (TPSA) is 108 Å². The fraction of sp³-hybridized carbons (Fsp3) is 0.533. The lowest BCUT2D eigenvalue weighted by Crippen LogP contribution is -2.59. The van der Waals surface area contributed by atoms with Crippen molar-refractivity contribution in [3.63, 3.8) is 0 Å². The summed E-state index contributed by atoms with van der Waals surface area (Å²) >= 11 is 0. The first-order valence-electron chi connectivity index (χ1n) is 14.1. The molecular formula is C30H41FN4O5S. The molecule has 2 heterocycles. The summed E-state index contributed by atoms with van der Waals surface area (Å²) in [5, 5.41) is 6.47. The Morgan fingerprint density at radius 2 is 2.00 bits per heavy atom. The lowest BCUT2D eigenvalue weighted by Gasteiger charge is -2.45. The first kappa shape index (κ1) is 30.8. The van der Waals surface area contributed by atoms with Crippen molar-refractivity contribution in [2.24, 2.45) is 5.92 Å². The van der Waals surface area contributed by atoms with Crippen molar-refractivity contribution in [3.05, 3.63) is 60.2 Å². The lowest BCUT2D eigenvalue weighted by atomic mass is 9.78. The Balaban J connectivity index is 1.56. The highest BCUT2D eigenvalue weighted by Gasteiger charge is 2.56. The van der Waals surface area contributed by atoms with Gasteiger partial charge in [-0.2, -0.15) is 0 Å². The predicted molar refractivity (Wildman–Crippen MR) is 156 cm³/mol. The van der Waals surface area contributed by atoms with E-state index >= 15 is 4.39 Å². The van der Waals surface area contributed by atoms with Crippen molar-refractivity contribution < 1.29 is 27.1 Å².